The van der Waals surface area contributed by atoms with Gasteiger partial charge in [0.1, 0.15) is 0 Å². The Morgan fingerprint density at radius 1 is 0.647 bits per heavy atom. The molecule has 1 aromatic heterocycles. The SMILES string of the molecule is COc1cc(/C=C/C(/C=C/c2cc(OC)c(OC)c(OC)c2)n2ccnc2)cc(OC)c1OC. The maximum absolute atomic E-state index is 5.46. The van der Waals surface area contributed by atoms with Crippen molar-refractivity contribution in [1.82, 2.24) is 9.55 Å². The van der Waals surface area contributed by atoms with Crippen LogP contribution >= 0.6 is 0 Å². The minimum absolute atomic E-state index is 0.110. The Balaban J connectivity index is 1.96. The lowest BCUT2D eigenvalue weighted by molar-refractivity contribution is 0.324. The first-order valence-electron chi connectivity index (χ1n) is 10.5. The predicted octanol–water partition coefficient (Wildman–Crippen LogP) is 4.90. The Kier molecular flexibility index (Phi) is 8.45. The van der Waals surface area contributed by atoms with Gasteiger partial charge in [0.25, 0.3) is 0 Å². The van der Waals surface area contributed by atoms with E-state index >= 15 is 0 Å². The summed E-state index contributed by atoms with van der Waals surface area (Å²) >= 11 is 0. The van der Waals surface area contributed by atoms with Crippen LogP contribution in [0.4, 0.5) is 0 Å². The number of hydrogen-bond donors (Lipinski definition) is 0. The molecule has 3 aromatic rings. The van der Waals surface area contributed by atoms with Crippen molar-refractivity contribution < 1.29 is 28.4 Å². The minimum Gasteiger partial charge on any atom is -0.493 e. The summed E-state index contributed by atoms with van der Waals surface area (Å²) in [4.78, 5) is 4.19. The Bertz CT molecular complexity index is 1010. The van der Waals surface area contributed by atoms with Gasteiger partial charge in [0, 0.05) is 12.4 Å². The Hall–Kier alpha value is -4.07. The van der Waals surface area contributed by atoms with E-state index in [-0.39, 0.29) is 6.04 Å². The molecule has 8 nitrogen and oxygen atoms in total. The van der Waals surface area contributed by atoms with E-state index in [1.807, 2.05) is 47.2 Å². The standard InChI is InChI=1S/C26H30N2O6/c1-29-21-13-18(14-22(30-2)25(21)33-5)7-9-20(28-12-11-27-17-28)10-8-19-15-23(31-3)26(34-6)24(16-19)32-4/h7-17,20H,1-6H3/b9-7+,10-8+. The summed E-state index contributed by atoms with van der Waals surface area (Å²) in [6.07, 6.45) is 13.5. The molecule has 3 rings (SSSR count). The number of hydrogen-bond acceptors (Lipinski definition) is 7. The first kappa shape index (κ1) is 24.6. The van der Waals surface area contributed by atoms with Gasteiger partial charge in [-0.2, -0.15) is 0 Å². The van der Waals surface area contributed by atoms with Gasteiger partial charge in [-0.25, -0.2) is 4.98 Å². The topological polar surface area (TPSA) is 73.2 Å². The van der Waals surface area contributed by atoms with Gasteiger partial charge in [-0.3, -0.25) is 0 Å². The number of nitrogens with zero attached hydrogens (tertiary/aromatic N) is 2. The van der Waals surface area contributed by atoms with E-state index in [0.717, 1.165) is 11.1 Å². The lowest BCUT2D eigenvalue weighted by Gasteiger charge is -2.14. The number of imidazole rings is 1. The van der Waals surface area contributed by atoms with Gasteiger partial charge < -0.3 is 33.0 Å². The van der Waals surface area contributed by atoms with Crippen LogP contribution in [0.1, 0.15) is 17.2 Å². The van der Waals surface area contributed by atoms with E-state index in [4.69, 9.17) is 28.4 Å². The third-order valence-corrected chi connectivity index (χ3v) is 5.21. The molecule has 0 spiro atoms. The van der Waals surface area contributed by atoms with Gasteiger partial charge in [0.15, 0.2) is 23.0 Å². The van der Waals surface area contributed by atoms with Gasteiger partial charge in [-0.15, -0.1) is 0 Å². The van der Waals surface area contributed by atoms with Crippen LogP contribution in [0.3, 0.4) is 0 Å². The molecule has 180 valence electrons. The zero-order valence-electron chi connectivity index (χ0n) is 20.3. The highest BCUT2D eigenvalue weighted by Gasteiger charge is 2.14. The van der Waals surface area contributed by atoms with E-state index in [2.05, 4.69) is 17.1 Å². The van der Waals surface area contributed by atoms with Gasteiger partial charge in [0.2, 0.25) is 11.5 Å². The second kappa shape index (κ2) is 11.7. The molecule has 2 aromatic carbocycles. The predicted molar refractivity (Wildman–Crippen MR) is 132 cm³/mol. The lowest BCUT2D eigenvalue weighted by Crippen LogP contribution is -2.01. The van der Waals surface area contributed by atoms with E-state index < -0.39 is 0 Å². The molecule has 0 saturated carbocycles. The van der Waals surface area contributed by atoms with Crippen LogP contribution in [0.5, 0.6) is 34.5 Å². The quantitative estimate of drug-likeness (QED) is 0.398. The molecule has 0 aliphatic carbocycles. The number of rotatable bonds is 11. The van der Waals surface area contributed by atoms with E-state index in [1.165, 1.54) is 0 Å². The molecule has 0 bridgehead atoms. The monoisotopic (exact) mass is 466 g/mol. The van der Waals surface area contributed by atoms with Crippen LogP contribution in [0.25, 0.3) is 12.2 Å². The zero-order chi connectivity index (χ0) is 24.5. The average Bonchev–Trinajstić information content (AvgIpc) is 3.41. The van der Waals surface area contributed by atoms with Crippen LogP contribution in [0, 0.1) is 0 Å². The molecule has 0 radical (unpaired) electrons. The minimum atomic E-state index is -0.110. The summed E-state index contributed by atoms with van der Waals surface area (Å²) in [7, 11) is 9.55. The van der Waals surface area contributed by atoms with Crippen molar-refractivity contribution in [1.29, 1.82) is 0 Å². The van der Waals surface area contributed by atoms with Gasteiger partial charge in [-0.05, 0) is 35.4 Å². The fourth-order valence-electron chi connectivity index (χ4n) is 3.52. The molecule has 0 amide bonds. The van der Waals surface area contributed by atoms with Gasteiger partial charge >= 0.3 is 0 Å². The first-order chi connectivity index (χ1) is 16.6. The summed E-state index contributed by atoms with van der Waals surface area (Å²) in [6.45, 7) is 0. The van der Waals surface area contributed by atoms with Crippen molar-refractivity contribution in [3.05, 3.63) is 66.3 Å². The Morgan fingerprint density at radius 3 is 1.35 bits per heavy atom. The summed E-state index contributed by atoms with van der Waals surface area (Å²) in [5.41, 5.74) is 1.81. The molecule has 34 heavy (non-hydrogen) atoms. The lowest BCUT2D eigenvalue weighted by atomic mass is 10.1. The highest BCUT2D eigenvalue weighted by atomic mass is 16.5. The second-order valence-electron chi connectivity index (χ2n) is 7.14. The van der Waals surface area contributed by atoms with E-state index in [0.29, 0.717) is 34.5 Å². The highest BCUT2D eigenvalue weighted by molar-refractivity contribution is 5.64. The Labute approximate surface area is 200 Å². The number of benzene rings is 2. The third-order valence-electron chi connectivity index (χ3n) is 5.21. The van der Waals surface area contributed by atoms with Crippen molar-refractivity contribution in [2.75, 3.05) is 42.7 Å². The first-order valence-corrected chi connectivity index (χ1v) is 10.5. The number of ether oxygens (including phenoxy) is 6. The number of aromatic nitrogens is 2. The number of allylic oxidation sites excluding steroid dienone is 2. The molecule has 1 heterocycles. The van der Waals surface area contributed by atoms with E-state index in [1.54, 1.807) is 55.2 Å². The van der Waals surface area contributed by atoms with Crippen LogP contribution in [0.15, 0.2) is 55.1 Å². The van der Waals surface area contributed by atoms with Crippen molar-refractivity contribution in [2.24, 2.45) is 0 Å². The maximum atomic E-state index is 5.46. The molecule has 0 fully saturated rings. The van der Waals surface area contributed by atoms with Crippen LogP contribution in [-0.2, 0) is 0 Å². The molecule has 0 saturated heterocycles. The average molecular weight is 467 g/mol. The fourth-order valence-corrected chi connectivity index (χ4v) is 3.52. The third kappa shape index (κ3) is 5.46. The zero-order valence-corrected chi connectivity index (χ0v) is 20.3. The summed E-state index contributed by atoms with van der Waals surface area (Å²) in [6, 6.07) is 7.47. The van der Waals surface area contributed by atoms with Crippen LogP contribution in [-0.4, -0.2) is 52.2 Å². The normalized spacial score (nSPS) is 11.3. The van der Waals surface area contributed by atoms with E-state index in [9.17, 15) is 0 Å². The highest BCUT2D eigenvalue weighted by Crippen LogP contribution is 2.40. The summed E-state index contributed by atoms with van der Waals surface area (Å²) in [5, 5.41) is 0. The van der Waals surface area contributed by atoms with Crippen molar-refractivity contribution in [2.45, 2.75) is 6.04 Å². The van der Waals surface area contributed by atoms with Crippen LogP contribution in [0.2, 0.25) is 0 Å². The second-order valence-corrected chi connectivity index (χ2v) is 7.14. The molecular formula is C26H30N2O6. The van der Waals surface area contributed by atoms with Crippen LogP contribution < -0.4 is 28.4 Å². The Morgan fingerprint density at radius 2 is 1.06 bits per heavy atom. The van der Waals surface area contributed by atoms with Crippen molar-refractivity contribution in [3.8, 4) is 34.5 Å². The van der Waals surface area contributed by atoms with Crippen molar-refractivity contribution >= 4 is 12.2 Å². The number of methoxy groups -OCH3 is 6. The van der Waals surface area contributed by atoms with Crippen molar-refractivity contribution in [3.63, 3.8) is 0 Å². The largest absolute Gasteiger partial charge is 0.493 e. The smallest absolute Gasteiger partial charge is 0.203 e. The molecule has 0 aliphatic rings. The molecule has 0 unspecified atom stereocenters. The molecular weight excluding hydrogens is 436 g/mol. The fraction of sp³-hybridized carbons (Fsp3) is 0.269. The van der Waals surface area contributed by atoms with Gasteiger partial charge in [-0.1, -0.05) is 24.3 Å². The van der Waals surface area contributed by atoms with Gasteiger partial charge in [0.05, 0.1) is 55.0 Å². The molecule has 8 heteroatoms. The maximum Gasteiger partial charge on any atom is 0.203 e. The summed E-state index contributed by atoms with van der Waals surface area (Å²) in [5.74, 6) is 3.47. The molecule has 0 atom stereocenters. The molecule has 0 N–H and O–H groups in total. The summed E-state index contributed by atoms with van der Waals surface area (Å²) < 4.78 is 34.7. The molecule has 0 aliphatic heterocycles.